The van der Waals surface area contributed by atoms with Crippen LogP contribution in [0.15, 0.2) is 65.8 Å². The van der Waals surface area contributed by atoms with Crippen molar-refractivity contribution >= 4 is 34.3 Å². The summed E-state index contributed by atoms with van der Waals surface area (Å²) in [6.45, 7) is 0. The lowest BCUT2D eigenvalue weighted by Crippen LogP contribution is -2.07. The van der Waals surface area contributed by atoms with Gasteiger partial charge in [-0.2, -0.15) is 13.2 Å². The molecule has 4 rings (SSSR count). The minimum atomic E-state index is -4.45. The fourth-order valence-corrected chi connectivity index (χ4v) is 3.39. The van der Waals surface area contributed by atoms with Gasteiger partial charge in [0.25, 0.3) is 0 Å². The predicted molar refractivity (Wildman–Crippen MR) is 102 cm³/mol. The maximum Gasteiger partial charge on any atom is 0.433 e. The molecule has 3 aromatic heterocycles. The van der Waals surface area contributed by atoms with E-state index < -0.39 is 11.9 Å². The van der Waals surface area contributed by atoms with Crippen LogP contribution < -0.4 is 5.32 Å². The number of H-pyrrole nitrogens is 1. The summed E-state index contributed by atoms with van der Waals surface area (Å²) in [5, 5.41) is 3.20. The Morgan fingerprint density at radius 3 is 2.68 bits per heavy atom. The number of aromatic nitrogens is 4. The molecule has 1 aromatic carbocycles. The number of nitrogens with zero attached hydrogens (tertiary/aromatic N) is 3. The fourth-order valence-electron chi connectivity index (χ4n) is 2.60. The van der Waals surface area contributed by atoms with Crippen molar-refractivity contribution in [1.29, 1.82) is 0 Å². The van der Waals surface area contributed by atoms with E-state index in [1.807, 2.05) is 36.4 Å². The Kier molecular flexibility index (Phi) is 4.91. The standard InChI is InChI=1S/C19H14F3N5S/c20-19(21,22)16-10-13(6-8-23-16)28-11-18-26-14-5-4-12(9-15(14)27-18)25-17-3-1-2-7-24-17/h1-10H,11H2,(H,24,25)(H,26,27). The molecular weight excluding hydrogens is 387 g/mol. The molecule has 0 aliphatic heterocycles. The van der Waals surface area contributed by atoms with Gasteiger partial charge in [-0.3, -0.25) is 4.98 Å². The summed E-state index contributed by atoms with van der Waals surface area (Å²) in [5.74, 6) is 1.82. The molecule has 0 unspecified atom stereocenters. The molecule has 0 spiro atoms. The molecular formula is C19H14F3N5S. The molecule has 142 valence electrons. The molecule has 0 atom stereocenters. The summed E-state index contributed by atoms with van der Waals surface area (Å²) in [5.41, 5.74) is 1.57. The first kappa shape index (κ1) is 18.3. The van der Waals surface area contributed by atoms with E-state index >= 15 is 0 Å². The quantitative estimate of drug-likeness (QED) is 0.438. The van der Waals surface area contributed by atoms with Crippen molar-refractivity contribution < 1.29 is 13.2 Å². The first-order valence-electron chi connectivity index (χ1n) is 8.30. The lowest BCUT2D eigenvalue weighted by atomic mass is 10.2. The van der Waals surface area contributed by atoms with Crippen molar-refractivity contribution in [3.63, 3.8) is 0 Å². The first-order chi connectivity index (χ1) is 13.5. The molecule has 0 fully saturated rings. The monoisotopic (exact) mass is 401 g/mol. The molecule has 0 amide bonds. The highest BCUT2D eigenvalue weighted by molar-refractivity contribution is 7.98. The second kappa shape index (κ2) is 7.51. The Balaban J connectivity index is 1.48. The normalized spacial score (nSPS) is 11.7. The van der Waals surface area contributed by atoms with Gasteiger partial charge < -0.3 is 10.3 Å². The molecule has 0 saturated carbocycles. The number of benzene rings is 1. The van der Waals surface area contributed by atoms with E-state index in [1.54, 1.807) is 12.3 Å². The van der Waals surface area contributed by atoms with Crippen LogP contribution in [0.1, 0.15) is 11.5 Å². The Hall–Kier alpha value is -3.07. The highest BCUT2D eigenvalue weighted by Gasteiger charge is 2.32. The summed E-state index contributed by atoms with van der Waals surface area (Å²) >= 11 is 1.27. The summed E-state index contributed by atoms with van der Waals surface area (Å²) in [6.07, 6.45) is -1.58. The molecule has 4 aromatic rings. The van der Waals surface area contributed by atoms with Crippen LogP contribution in [0.4, 0.5) is 24.7 Å². The van der Waals surface area contributed by atoms with Gasteiger partial charge >= 0.3 is 6.18 Å². The van der Waals surface area contributed by atoms with Crippen molar-refractivity contribution in [3.05, 3.63) is 72.4 Å². The van der Waals surface area contributed by atoms with Crippen LogP contribution in [-0.2, 0) is 11.9 Å². The minimum absolute atomic E-state index is 0.416. The first-order valence-corrected chi connectivity index (χ1v) is 9.29. The van der Waals surface area contributed by atoms with E-state index in [2.05, 4.69) is 25.3 Å². The molecule has 0 radical (unpaired) electrons. The highest BCUT2D eigenvalue weighted by Crippen LogP contribution is 2.31. The van der Waals surface area contributed by atoms with Crippen LogP contribution in [-0.4, -0.2) is 19.9 Å². The van der Waals surface area contributed by atoms with Gasteiger partial charge in [-0.15, -0.1) is 11.8 Å². The van der Waals surface area contributed by atoms with Crippen molar-refractivity contribution in [2.75, 3.05) is 5.32 Å². The summed E-state index contributed by atoms with van der Waals surface area (Å²) < 4.78 is 38.3. The molecule has 3 heterocycles. The lowest BCUT2D eigenvalue weighted by molar-refractivity contribution is -0.141. The molecule has 0 aliphatic carbocycles. The molecule has 0 bridgehead atoms. The summed E-state index contributed by atoms with van der Waals surface area (Å²) in [7, 11) is 0. The second-order valence-electron chi connectivity index (χ2n) is 5.92. The molecule has 2 N–H and O–H groups in total. The Bertz CT molecular complexity index is 1100. The minimum Gasteiger partial charge on any atom is -0.341 e. The number of imidazole rings is 1. The van der Waals surface area contributed by atoms with E-state index in [1.165, 1.54) is 18.0 Å². The summed E-state index contributed by atoms with van der Waals surface area (Å²) in [6, 6.07) is 13.9. The number of pyridine rings is 2. The number of alkyl halides is 3. The smallest absolute Gasteiger partial charge is 0.341 e. The molecule has 0 aliphatic rings. The third kappa shape index (κ3) is 4.25. The third-order valence-electron chi connectivity index (χ3n) is 3.87. The number of thioether (sulfide) groups is 1. The number of aromatic amines is 1. The van der Waals surface area contributed by atoms with Crippen molar-refractivity contribution in [2.24, 2.45) is 0 Å². The maximum absolute atomic E-state index is 12.8. The number of fused-ring (bicyclic) bond motifs is 1. The number of rotatable bonds is 5. The highest BCUT2D eigenvalue weighted by atomic mass is 32.2. The van der Waals surface area contributed by atoms with Gasteiger partial charge in [0, 0.05) is 23.0 Å². The molecule has 9 heteroatoms. The van der Waals surface area contributed by atoms with Gasteiger partial charge in [-0.05, 0) is 42.5 Å². The Morgan fingerprint density at radius 1 is 1.00 bits per heavy atom. The zero-order valence-corrected chi connectivity index (χ0v) is 15.2. The van der Waals surface area contributed by atoms with Crippen molar-refractivity contribution in [2.45, 2.75) is 16.8 Å². The number of anilines is 2. The van der Waals surface area contributed by atoms with Crippen LogP contribution >= 0.6 is 11.8 Å². The van der Waals surface area contributed by atoms with Crippen molar-refractivity contribution in [1.82, 2.24) is 19.9 Å². The van der Waals surface area contributed by atoms with E-state index in [9.17, 15) is 13.2 Å². The van der Waals surface area contributed by atoms with Gasteiger partial charge in [-0.25, -0.2) is 9.97 Å². The maximum atomic E-state index is 12.8. The zero-order valence-electron chi connectivity index (χ0n) is 14.4. The van der Waals surface area contributed by atoms with Crippen LogP contribution in [0.25, 0.3) is 11.0 Å². The predicted octanol–water partition coefficient (Wildman–Crippen LogP) is 5.41. The molecule has 28 heavy (non-hydrogen) atoms. The zero-order chi connectivity index (χ0) is 19.6. The van der Waals surface area contributed by atoms with E-state index in [4.69, 9.17) is 0 Å². The number of halogens is 3. The van der Waals surface area contributed by atoms with Gasteiger partial charge in [0.05, 0.1) is 16.8 Å². The van der Waals surface area contributed by atoms with E-state index in [-0.39, 0.29) is 0 Å². The fraction of sp³-hybridized carbons (Fsp3) is 0.105. The SMILES string of the molecule is FC(F)(F)c1cc(SCc2nc3cc(Nc4ccccn4)ccc3[nH]2)ccn1. The van der Waals surface area contributed by atoms with Gasteiger partial charge in [0.15, 0.2) is 0 Å². The topological polar surface area (TPSA) is 66.5 Å². The largest absolute Gasteiger partial charge is 0.433 e. The van der Waals surface area contributed by atoms with Crippen LogP contribution in [0.5, 0.6) is 0 Å². The van der Waals surface area contributed by atoms with E-state index in [0.717, 1.165) is 28.6 Å². The van der Waals surface area contributed by atoms with Gasteiger partial charge in [0.2, 0.25) is 0 Å². The Morgan fingerprint density at radius 2 is 1.89 bits per heavy atom. The number of hydrogen-bond acceptors (Lipinski definition) is 5. The average Bonchev–Trinajstić information content (AvgIpc) is 3.09. The van der Waals surface area contributed by atoms with Gasteiger partial charge in [0.1, 0.15) is 17.3 Å². The van der Waals surface area contributed by atoms with Crippen LogP contribution in [0.2, 0.25) is 0 Å². The van der Waals surface area contributed by atoms with Gasteiger partial charge in [-0.1, -0.05) is 6.07 Å². The summed E-state index contributed by atoms with van der Waals surface area (Å²) in [4.78, 5) is 15.8. The number of nitrogens with one attached hydrogen (secondary N) is 2. The van der Waals surface area contributed by atoms with Crippen LogP contribution in [0, 0.1) is 0 Å². The third-order valence-corrected chi connectivity index (χ3v) is 4.87. The molecule has 5 nitrogen and oxygen atoms in total. The average molecular weight is 401 g/mol. The molecule has 0 saturated heterocycles. The lowest BCUT2D eigenvalue weighted by Gasteiger charge is -2.06. The Labute approximate surface area is 162 Å². The second-order valence-corrected chi connectivity index (χ2v) is 6.97. The van der Waals surface area contributed by atoms with Crippen LogP contribution in [0.3, 0.4) is 0 Å². The van der Waals surface area contributed by atoms with Crippen molar-refractivity contribution in [3.8, 4) is 0 Å². The van der Waals surface area contributed by atoms with E-state index in [0.29, 0.717) is 16.5 Å². The number of hydrogen-bond donors (Lipinski definition) is 2.